The molecular formula is C14H21N3O4S. The molecule has 1 aromatic carbocycles. The number of amides is 2. The lowest BCUT2D eigenvalue weighted by Crippen LogP contribution is -2.46. The Morgan fingerprint density at radius 2 is 1.64 bits per heavy atom. The third-order valence-electron chi connectivity index (χ3n) is 3.01. The first-order valence-electron chi connectivity index (χ1n) is 6.79. The van der Waals surface area contributed by atoms with Crippen molar-refractivity contribution >= 4 is 27.5 Å². The summed E-state index contributed by atoms with van der Waals surface area (Å²) in [5.74, 6) is -0.716. The lowest BCUT2D eigenvalue weighted by molar-refractivity contribution is -0.126. The quantitative estimate of drug-likeness (QED) is 0.715. The Labute approximate surface area is 130 Å². The molecule has 2 amide bonds. The molecule has 0 aliphatic heterocycles. The van der Waals surface area contributed by atoms with Gasteiger partial charge in [-0.3, -0.25) is 9.59 Å². The predicted molar refractivity (Wildman–Crippen MR) is 83.8 cm³/mol. The first-order chi connectivity index (χ1) is 10.2. The summed E-state index contributed by atoms with van der Waals surface area (Å²) >= 11 is 0. The number of benzene rings is 1. The Balaban J connectivity index is 2.86. The SMILES string of the molecule is CNS(=O)(=O)c1ccc(NC(=O)C(NC(C)=O)C(C)C)cc1. The minimum Gasteiger partial charge on any atom is -0.344 e. The molecule has 3 N–H and O–H groups in total. The van der Waals surface area contributed by atoms with Crippen molar-refractivity contribution in [2.45, 2.75) is 31.7 Å². The number of hydrogen-bond acceptors (Lipinski definition) is 4. The maximum Gasteiger partial charge on any atom is 0.247 e. The molecule has 1 unspecified atom stereocenters. The normalized spacial score (nSPS) is 12.8. The molecule has 7 nitrogen and oxygen atoms in total. The molecular weight excluding hydrogens is 306 g/mol. The summed E-state index contributed by atoms with van der Waals surface area (Å²) < 4.78 is 25.4. The molecule has 0 spiro atoms. The maximum absolute atomic E-state index is 12.2. The van der Waals surface area contributed by atoms with Crippen LogP contribution in [0.25, 0.3) is 0 Å². The zero-order valence-electron chi connectivity index (χ0n) is 13.0. The Bertz CT molecular complexity index is 639. The predicted octanol–water partition coefficient (Wildman–Crippen LogP) is 0.694. The topological polar surface area (TPSA) is 104 Å². The summed E-state index contributed by atoms with van der Waals surface area (Å²) in [7, 11) is -2.18. The number of carbonyl (C=O) groups excluding carboxylic acids is 2. The molecule has 0 saturated carbocycles. The van der Waals surface area contributed by atoms with Crippen molar-refractivity contribution in [1.82, 2.24) is 10.0 Å². The third-order valence-corrected chi connectivity index (χ3v) is 4.44. The molecule has 0 aliphatic carbocycles. The molecule has 0 bridgehead atoms. The van der Waals surface area contributed by atoms with E-state index in [1.165, 1.54) is 38.2 Å². The average molecular weight is 327 g/mol. The van der Waals surface area contributed by atoms with Crippen molar-refractivity contribution in [1.29, 1.82) is 0 Å². The fraction of sp³-hybridized carbons (Fsp3) is 0.429. The van der Waals surface area contributed by atoms with E-state index in [-0.39, 0.29) is 22.6 Å². The summed E-state index contributed by atoms with van der Waals surface area (Å²) in [6.45, 7) is 4.99. The zero-order chi connectivity index (χ0) is 16.9. The van der Waals surface area contributed by atoms with Gasteiger partial charge >= 0.3 is 0 Å². The van der Waals surface area contributed by atoms with Gasteiger partial charge in [0.15, 0.2) is 0 Å². The Kier molecular flexibility index (Phi) is 6.07. The molecule has 0 saturated heterocycles. The Hall–Kier alpha value is -1.93. The van der Waals surface area contributed by atoms with Crippen LogP contribution in [0.15, 0.2) is 29.2 Å². The molecule has 1 rings (SSSR count). The molecule has 0 radical (unpaired) electrons. The summed E-state index contributed by atoms with van der Waals surface area (Å²) in [5, 5.41) is 5.24. The van der Waals surface area contributed by atoms with Crippen LogP contribution in [0.2, 0.25) is 0 Å². The first-order valence-corrected chi connectivity index (χ1v) is 8.27. The maximum atomic E-state index is 12.2. The number of hydrogen-bond donors (Lipinski definition) is 3. The number of nitrogens with one attached hydrogen (secondary N) is 3. The van der Waals surface area contributed by atoms with Gasteiger partial charge in [-0.05, 0) is 37.2 Å². The van der Waals surface area contributed by atoms with E-state index in [1.807, 2.05) is 13.8 Å². The lowest BCUT2D eigenvalue weighted by Gasteiger charge is -2.21. The van der Waals surface area contributed by atoms with Crippen LogP contribution < -0.4 is 15.4 Å². The molecule has 122 valence electrons. The van der Waals surface area contributed by atoms with E-state index >= 15 is 0 Å². The first kappa shape index (κ1) is 18.1. The van der Waals surface area contributed by atoms with Crippen LogP contribution in [0.1, 0.15) is 20.8 Å². The van der Waals surface area contributed by atoms with E-state index < -0.39 is 16.1 Å². The molecule has 22 heavy (non-hydrogen) atoms. The highest BCUT2D eigenvalue weighted by Gasteiger charge is 2.23. The summed E-state index contributed by atoms with van der Waals surface area (Å²) in [6.07, 6.45) is 0. The highest BCUT2D eigenvalue weighted by Crippen LogP contribution is 2.14. The van der Waals surface area contributed by atoms with E-state index in [2.05, 4.69) is 15.4 Å². The minimum absolute atomic E-state index is 0.0761. The van der Waals surface area contributed by atoms with Gasteiger partial charge in [-0.2, -0.15) is 0 Å². The number of sulfonamides is 1. The molecule has 8 heteroatoms. The van der Waals surface area contributed by atoms with E-state index in [9.17, 15) is 18.0 Å². The van der Waals surface area contributed by atoms with Gasteiger partial charge in [0, 0.05) is 12.6 Å². The average Bonchev–Trinajstić information content (AvgIpc) is 2.44. The van der Waals surface area contributed by atoms with E-state index in [0.29, 0.717) is 5.69 Å². The van der Waals surface area contributed by atoms with Crippen LogP contribution in [0.4, 0.5) is 5.69 Å². The van der Waals surface area contributed by atoms with E-state index in [1.54, 1.807) is 0 Å². The second kappa shape index (κ2) is 7.37. The fourth-order valence-electron chi connectivity index (χ4n) is 1.81. The lowest BCUT2D eigenvalue weighted by atomic mass is 10.0. The Morgan fingerprint density at radius 3 is 2.05 bits per heavy atom. The second-order valence-electron chi connectivity index (χ2n) is 5.14. The van der Waals surface area contributed by atoms with Gasteiger partial charge in [0.1, 0.15) is 6.04 Å². The molecule has 0 aromatic heterocycles. The Morgan fingerprint density at radius 1 is 1.09 bits per heavy atom. The van der Waals surface area contributed by atoms with Gasteiger partial charge in [-0.1, -0.05) is 13.8 Å². The van der Waals surface area contributed by atoms with Gasteiger partial charge in [0.2, 0.25) is 21.8 Å². The summed E-state index contributed by atoms with van der Waals surface area (Å²) in [5.41, 5.74) is 0.455. The van der Waals surface area contributed by atoms with Crippen molar-refractivity contribution in [3.8, 4) is 0 Å². The number of rotatable bonds is 6. The number of anilines is 1. The highest BCUT2D eigenvalue weighted by atomic mass is 32.2. The van der Waals surface area contributed by atoms with Crippen molar-refractivity contribution < 1.29 is 18.0 Å². The van der Waals surface area contributed by atoms with Crippen molar-refractivity contribution in [3.63, 3.8) is 0 Å². The molecule has 0 fully saturated rings. The van der Waals surface area contributed by atoms with E-state index in [0.717, 1.165) is 0 Å². The van der Waals surface area contributed by atoms with Gasteiger partial charge in [-0.25, -0.2) is 13.1 Å². The molecule has 1 aromatic rings. The van der Waals surface area contributed by atoms with Gasteiger partial charge in [0.25, 0.3) is 0 Å². The van der Waals surface area contributed by atoms with Crippen LogP contribution in [0, 0.1) is 5.92 Å². The van der Waals surface area contributed by atoms with Crippen LogP contribution in [-0.4, -0.2) is 33.3 Å². The van der Waals surface area contributed by atoms with Crippen LogP contribution in [-0.2, 0) is 19.6 Å². The van der Waals surface area contributed by atoms with Crippen molar-refractivity contribution in [2.75, 3.05) is 12.4 Å². The fourth-order valence-corrected chi connectivity index (χ4v) is 2.54. The minimum atomic E-state index is -3.51. The van der Waals surface area contributed by atoms with Gasteiger partial charge in [-0.15, -0.1) is 0 Å². The molecule has 0 heterocycles. The van der Waals surface area contributed by atoms with Crippen molar-refractivity contribution in [3.05, 3.63) is 24.3 Å². The van der Waals surface area contributed by atoms with Gasteiger partial charge < -0.3 is 10.6 Å². The van der Waals surface area contributed by atoms with Crippen LogP contribution in [0.3, 0.4) is 0 Å². The van der Waals surface area contributed by atoms with Crippen LogP contribution >= 0.6 is 0 Å². The molecule has 0 aliphatic rings. The largest absolute Gasteiger partial charge is 0.344 e. The zero-order valence-corrected chi connectivity index (χ0v) is 13.8. The number of carbonyl (C=O) groups is 2. The summed E-state index contributed by atoms with van der Waals surface area (Å²) in [4.78, 5) is 23.4. The smallest absolute Gasteiger partial charge is 0.247 e. The van der Waals surface area contributed by atoms with Gasteiger partial charge in [0.05, 0.1) is 4.90 Å². The van der Waals surface area contributed by atoms with E-state index in [4.69, 9.17) is 0 Å². The standard InChI is InChI=1S/C14H21N3O4S/c1-9(2)13(16-10(3)18)14(19)17-11-5-7-12(8-6-11)22(20,21)15-4/h5-9,13,15H,1-4H3,(H,16,18)(H,17,19). The highest BCUT2D eigenvalue weighted by molar-refractivity contribution is 7.89. The monoisotopic (exact) mass is 327 g/mol. The third kappa shape index (κ3) is 4.81. The summed E-state index contributed by atoms with van der Waals surface area (Å²) in [6, 6.07) is 5.12. The molecule has 1 atom stereocenters. The van der Waals surface area contributed by atoms with Crippen molar-refractivity contribution in [2.24, 2.45) is 5.92 Å². The van der Waals surface area contributed by atoms with Crippen LogP contribution in [0.5, 0.6) is 0 Å². The second-order valence-corrected chi connectivity index (χ2v) is 7.03.